The minimum Gasteiger partial charge on any atom is -0.468 e. The SMILES string of the molecule is COC(=O)C1NNC(c2ccc(F)cc2)C1Br. The van der Waals surface area contributed by atoms with Gasteiger partial charge in [0, 0.05) is 0 Å². The molecule has 0 saturated carbocycles. The second kappa shape index (κ2) is 5.12. The smallest absolute Gasteiger partial charge is 0.325 e. The molecule has 0 bridgehead atoms. The molecule has 6 heteroatoms. The maximum absolute atomic E-state index is 12.8. The Hall–Kier alpha value is -0.980. The number of carbonyl (C=O) groups is 1. The summed E-state index contributed by atoms with van der Waals surface area (Å²) in [5.41, 5.74) is 6.74. The van der Waals surface area contributed by atoms with Crippen LogP contribution >= 0.6 is 15.9 Å². The number of benzene rings is 1. The van der Waals surface area contributed by atoms with E-state index in [2.05, 4.69) is 31.5 Å². The van der Waals surface area contributed by atoms with Gasteiger partial charge in [-0.15, -0.1) is 0 Å². The molecule has 0 aliphatic carbocycles. The van der Waals surface area contributed by atoms with Crippen LogP contribution < -0.4 is 10.9 Å². The van der Waals surface area contributed by atoms with E-state index < -0.39 is 6.04 Å². The number of ether oxygens (including phenoxy) is 1. The summed E-state index contributed by atoms with van der Waals surface area (Å²) in [6.45, 7) is 0. The molecule has 92 valence electrons. The van der Waals surface area contributed by atoms with Crippen LogP contribution in [0.1, 0.15) is 11.6 Å². The van der Waals surface area contributed by atoms with E-state index in [1.165, 1.54) is 19.2 Å². The van der Waals surface area contributed by atoms with E-state index in [0.717, 1.165) is 5.56 Å². The van der Waals surface area contributed by atoms with Crippen LogP contribution in [0.15, 0.2) is 24.3 Å². The number of nitrogens with one attached hydrogen (secondary N) is 2. The number of alkyl halides is 1. The lowest BCUT2D eigenvalue weighted by atomic mass is 10.0. The van der Waals surface area contributed by atoms with E-state index in [1.54, 1.807) is 12.1 Å². The van der Waals surface area contributed by atoms with Gasteiger partial charge in [-0.1, -0.05) is 28.1 Å². The molecule has 1 aliphatic rings. The normalized spacial score (nSPS) is 28.1. The fourth-order valence-electron chi connectivity index (χ4n) is 1.78. The minimum absolute atomic E-state index is 0.111. The van der Waals surface area contributed by atoms with Crippen LogP contribution in [0.2, 0.25) is 0 Å². The van der Waals surface area contributed by atoms with Crippen molar-refractivity contribution in [2.24, 2.45) is 0 Å². The van der Waals surface area contributed by atoms with Crippen molar-refractivity contribution in [3.05, 3.63) is 35.6 Å². The average Bonchev–Trinajstić information content (AvgIpc) is 2.71. The molecular formula is C11H12BrFN2O2. The Kier molecular flexibility index (Phi) is 3.76. The Bertz CT molecular complexity index is 412. The first-order chi connectivity index (χ1) is 8.13. The van der Waals surface area contributed by atoms with Gasteiger partial charge in [-0.3, -0.25) is 4.79 Å². The second-order valence-electron chi connectivity index (χ2n) is 3.76. The highest BCUT2D eigenvalue weighted by atomic mass is 79.9. The highest BCUT2D eigenvalue weighted by molar-refractivity contribution is 9.09. The first-order valence-corrected chi connectivity index (χ1v) is 6.03. The number of rotatable bonds is 2. The highest BCUT2D eigenvalue weighted by Crippen LogP contribution is 2.29. The maximum Gasteiger partial charge on any atom is 0.325 e. The van der Waals surface area contributed by atoms with E-state index in [4.69, 9.17) is 0 Å². The van der Waals surface area contributed by atoms with Gasteiger partial charge in [0.05, 0.1) is 18.0 Å². The summed E-state index contributed by atoms with van der Waals surface area (Å²) in [4.78, 5) is 11.3. The van der Waals surface area contributed by atoms with Gasteiger partial charge in [-0.25, -0.2) is 15.2 Å². The third kappa shape index (κ3) is 2.48. The highest BCUT2D eigenvalue weighted by Gasteiger charge is 2.39. The second-order valence-corrected chi connectivity index (χ2v) is 4.82. The van der Waals surface area contributed by atoms with Gasteiger partial charge >= 0.3 is 5.97 Å². The van der Waals surface area contributed by atoms with Gasteiger partial charge in [0.1, 0.15) is 11.9 Å². The predicted molar refractivity (Wildman–Crippen MR) is 63.9 cm³/mol. The number of halogens is 2. The number of esters is 1. The summed E-state index contributed by atoms with van der Waals surface area (Å²) in [7, 11) is 1.34. The van der Waals surface area contributed by atoms with Crippen LogP contribution in [0.5, 0.6) is 0 Å². The molecule has 3 atom stereocenters. The first kappa shape index (κ1) is 12.5. The molecule has 0 aromatic heterocycles. The van der Waals surface area contributed by atoms with Gasteiger partial charge in [0.15, 0.2) is 0 Å². The molecule has 0 amide bonds. The number of hydrogen-bond acceptors (Lipinski definition) is 4. The number of hydrazine groups is 1. The predicted octanol–water partition coefficient (Wildman–Crippen LogP) is 1.28. The van der Waals surface area contributed by atoms with Crippen LogP contribution in [0.4, 0.5) is 4.39 Å². The van der Waals surface area contributed by atoms with Crippen molar-refractivity contribution in [2.45, 2.75) is 16.9 Å². The van der Waals surface area contributed by atoms with Crippen LogP contribution in [0, 0.1) is 5.82 Å². The van der Waals surface area contributed by atoms with Crippen LogP contribution in [-0.4, -0.2) is 23.9 Å². The molecule has 2 rings (SSSR count). The van der Waals surface area contributed by atoms with Gasteiger partial charge in [-0.05, 0) is 17.7 Å². The minimum atomic E-state index is -0.463. The quantitative estimate of drug-likeness (QED) is 0.638. The summed E-state index contributed by atoms with van der Waals surface area (Å²) < 4.78 is 17.5. The maximum atomic E-state index is 12.8. The summed E-state index contributed by atoms with van der Waals surface area (Å²) >= 11 is 3.45. The Morgan fingerprint density at radius 3 is 2.59 bits per heavy atom. The lowest BCUT2D eigenvalue weighted by Gasteiger charge is -2.15. The molecule has 1 fully saturated rings. The van der Waals surface area contributed by atoms with Gasteiger partial charge in [-0.2, -0.15) is 0 Å². The Balaban J connectivity index is 2.14. The molecule has 3 unspecified atom stereocenters. The van der Waals surface area contributed by atoms with Gasteiger partial charge < -0.3 is 4.74 Å². The van der Waals surface area contributed by atoms with Crippen molar-refractivity contribution in [1.29, 1.82) is 0 Å². The van der Waals surface area contributed by atoms with E-state index >= 15 is 0 Å². The van der Waals surface area contributed by atoms with Crippen molar-refractivity contribution in [2.75, 3.05) is 7.11 Å². The Morgan fingerprint density at radius 1 is 1.35 bits per heavy atom. The molecule has 0 radical (unpaired) electrons. The number of hydrogen-bond donors (Lipinski definition) is 2. The van der Waals surface area contributed by atoms with Crippen LogP contribution in [-0.2, 0) is 9.53 Å². The van der Waals surface area contributed by atoms with E-state index in [1.807, 2.05) is 0 Å². The zero-order chi connectivity index (χ0) is 12.4. The van der Waals surface area contributed by atoms with Crippen LogP contribution in [0.25, 0.3) is 0 Å². The molecule has 1 saturated heterocycles. The monoisotopic (exact) mass is 302 g/mol. The van der Waals surface area contributed by atoms with Crippen molar-refractivity contribution >= 4 is 21.9 Å². The fourth-order valence-corrected chi connectivity index (χ4v) is 2.57. The fraction of sp³-hybridized carbons (Fsp3) is 0.364. The van der Waals surface area contributed by atoms with Crippen LogP contribution in [0.3, 0.4) is 0 Å². The largest absolute Gasteiger partial charge is 0.468 e. The molecule has 1 heterocycles. The molecule has 17 heavy (non-hydrogen) atoms. The lowest BCUT2D eigenvalue weighted by molar-refractivity contribution is -0.142. The van der Waals surface area contributed by atoms with E-state index in [9.17, 15) is 9.18 Å². The van der Waals surface area contributed by atoms with E-state index in [-0.39, 0.29) is 22.7 Å². The van der Waals surface area contributed by atoms with Crippen molar-refractivity contribution in [3.63, 3.8) is 0 Å². The molecule has 0 spiro atoms. The topological polar surface area (TPSA) is 50.4 Å². The zero-order valence-electron chi connectivity index (χ0n) is 9.11. The van der Waals surface area contributed by atoms with Crippen molar-refractivity contribution < 1.29 is 13.9 Å². The third-order valence-electron chi connectivity index (χ3n) is 2.72. The average molecular weight is 303 g/mol. The Morgan fingerprint density at radius 2 is 2.00 bits per heavy atom. The molecule has 1 aromatic rings. The molecule has 2 N–H and O–H groups in total. The number of carbonyl (C=O) groups excluding carboxylic acids is 1. The Labute approximate surface area is 107 Å². The summed E-state index contributed by atoms with van der Waals surface area (Å²) in [6.07, 6.45) is 0. The van der Waals surface area contributed by atoms with Crippen molar-refractivity contribution in [3.8, 4) is 0 Å². The zero-order valence-corrected chi connectivity index (χ0v) is 10.7. The van der Waals surface area contributed by atoms with Crippen molar-refractivity contribution in [1.82, 2.24) is 10.9 Å². The lowest BCUT2D eigenvalue weighted by Crippen LogP contribution is -2.39. The third-order valence-corrected chi connectivity index (χ3v) is 3.77. The molecular weight excluding hydrogens is 291 g/mol. The molecule has 4 nitrogen and oxygen atoms in total. The summed E-state index contributed by atoms with van der Waals surface area (Å²) in [5, 5.41) is 0. The van der Waals surface area contributed by atoms with Gasteiger partial charge in [0.25, 0.3) is 0 Å². The molecule has 1 aliphatic heterocycles. The van der Waals surface area contributed by atoms with E-state index in [0.29, 0.717) is 0 Å². The summed E-state index contributed by atoms with van der Waals surface area (Å²) in [6, 6.07) is 5.57. The summed E-state index contributed by atoms with van der Waals surface area (Å²) in [5.74, 6) is -0.626. The standard InChI is InChI=1S/C11H12BrFN2O2/c1-17-11(16)10-8(12)9(14-15-10)6-2-4-7(13)5-3-6/h2-5,8-10,14-15H,1H3. The van der Waals surface area contributed by atoms with Gasteiger partial charge in [0.2, 0.25) is 0 Å². The first-order valence-electron chi connectivity index (χ1n) is 5.12. The molecule has 1 aromatic carbocycles. The number of methoxy groups -OCH3 is 1.